The van der Waals surface area contributed by atoms with Gasteiger partial charge in [-0.3, -0.25) is 0 Å². The first kappa shape index (κ1) is 12.3. The number of rotatable bonds is 3. The Morgan fingerprint density at radius 1 is 1.16 bits per heavy atom. The number of nitrogens with two attached hydrogens (primary N) is 1. The van der Waals surface area contributed by atoms with E-state index in [0.29, 0.717) is 11.7 Å². The van der Waals surface area contributed by atoms with Gasteiger partial charge >= 0.3 is 0 Å². The molecule has 0 saturated heterocycles. The largest absolute Gasteiger partial charge is 0.487 e. The second-order valence-corrected chi connectivity index (χ2v) is 5.35. The Morgan fingerprint density at radius 2 is 1.95 bits per heavy atom. The molecule has 3 aromatic rings. The van der Waals surface area contributed by atoms with Crippen molar-refractivity contribution in [3.63, 3.8) is 0 Å². The molecule has 0 fully saturated rings. The summed E-state index contributed by atoms with van der Waals surface area (Å²) in [6.45, 7) is 0.402. The Morgan fingerprint density at radius 3 is 2.68 bits per heavy atom. The number of ether oxygens (including phenoxy) is 1. The summed E-state index contributed by atoms with van der Waals surface area (Å²) in [5.74, 6) is 0.798. The summed E-state index contributed by atoms with van der Waals surface area (Å²) in [4.78, 5) is 4.17. The van der Waals surface area contributed by atoms with E-state index in [2.05, 4.69) is 4.98 Å². The number of aromatic nitrogens is 1. The maximum absolute atomic E-state index is 6.17. The highest BCUT2D eigenvalue weighted by Crippen LogP contribution is 2.31. The molecule has 0 aliphatic rings. The maximum atomic E-state index is 6.17. The van der Waals surface area contributed by atoms with Crippen molar-refractivity contribution in [3.05, 3.63) is 52.5 Å². The molecule has 1 aromatic heterocycles. The molecular formula is C14H11ClN2OS. The number of anilines is 1. The van der Waals surface area contributed by atoms with Gasteiger partial charge in [0.2, 0.25) is 0 Å². The van der Waals surface area contributed by atoms with Crippen molar-refractivity contribution >= 4 is 38.8 Å². The van der Waals surface area contributed by atoms with Crippen molar-refractivity contribution in [3.8, 4) is 5.75 Å². The summed E-state index contributed by atoms with van der Waals surface area (Å²) in [5.41, 5.74) is 6.43. The molecule has 5 heteroatoms. The molecule has 19 heavy (non-hydrogen) atoms. The van der Waals surface area contributed by atoms with Gasteiger partial charge in [0.15, 0.2) is 5.13 Å². The molecule has 0 spiro atoms. The molecule has 0 aliphatic carbocycles. The fourth-order valence-corrected chi connectivity index (χ4v) is 2.68. The minimum absolute atomic E-state index is 0.402. The van der Waals surface area contributed by atoms with Gasteiger partial charge in [-0.1, -0.05) is 35.9 Å². The van der Waals surface area contributed by atoms with E-state index in [1.54, 1.807) is 0 Å². The minimum Gasteiger partial charge on any atom is -0.487 e. The van der Waals surface area contributed by atoms with E-state index < -0.39 is 0 Å². The van der Waals surface area contributed by atoms with Gasteiger partial charge < -0.3 is 10.5 Å². The van der Waals surface area contributed by atoms with E-state index in [-0.39, 0.29) is 0 Å². The number of benzene rings is 2. The smallest absolute Gasteiger partial charge is 0.180 e. The van der Waals surface area contributed by atoms with Crippen LogP contribution >= 0.6 is 22.9 Å². The lowest BCUT2D eigenvalue weighted by Crippen LogP contribution is -1.97. The number of nitrogens with zero attached hydrogens (tertiary/aromatic N) is 1. The first-order chi connectivity index (χ1) is 9.24. The zero-order chi connectivity index (χ0) is 13.2. The second-order valence-electron chi connectivity index (χ2n) is 4.06. The summed E-state index contributed by atoms with van der Waals surface area (Å²) in [7, 11) is 0. The number of halogens is 1. The molecule has 96 valence electrons. The standard InChI is InChI=1S/C14H11ClN2OS/c15-12-5-6-13(11-4-2-1-3-10(11)12)18-7-9-8-19-14(16)17-9/h1-6,8H,7H2,(H2,16,17). The average molecular weight is 291 g/mol. The van der Waals surface area contributed by atoms with E-state index in [4.69, 9.17) is 22.1 Å². The number of hydrogen-bond donors (Lipinski definition) is 1. The van der Waals surface area contributed by atoms with E-state index in [1.807, 2.05) is 41.8 Å². The number of nitrogen functional groups attached to an aromatic ring is 1. The topological polar surface area (TPSA) is 48.1 Å². The van der Waals surface area contributed by atoms with E-state index in [1.165, 1.54) is 11.3 Å². The van der Waals surface area contributed by atoms with Crippen LogP contribution in [0.15, 0.2) is 41.8 Å². The second kappa shape index (κ2) is 5.07. The predicted molar refractivity (Wildman–Crippen MR) is 79.8 cm³/mol. The van der Waals surface area contributed by atoms with Gasteiger partial charge in [-0.15, -0.1) is 11.3 Å². The number of fused-ring (bicyclic) bond motifs is 1. The van der Waals surface area contributed by atoms with E-state index in [0.717, 1.165) is 27.2 Å². The fraction of sp³-hybridized carbons (Fsp3) is 0.0714. The highest BCUT2D eigenvalue weighted by Gasteiger charge is 2.06. The van der Waals surface area contributed by atoms with Gasteiger partial charge in [0.1, 0.15) is 12.4 Å². The lowest BCUT2D eigenvalue weighted by molar-refractivity contribution is 0.306. The van der Waals surface area contributed by atoms with Crippen LogP contribution in [0.25, 0.3) is 10.8 Å². The molecule has 0 atom stereocenters. The molecule has 2 N–H and O–H groups in total. The van der Waals surface area contributed by atoms with Crippen LogP contribution in [0.4, 0.5) is 5.13 Å². The highest BCUT2D eigenvalue weighted by molar-refractivity contribution is 7.13. The highest BCUT2D eigenvalue weighted by atomic mass is 35.5. The molecule has 3 nitrogen and oxygen atoms in total. The van der Waals surface area contributed by atoms with Crippen LogP contribution in [0.2, 0.25) is 5.02 Å². The fourth-order valence-electron chi connectivity index (χ4n) is 1.90. The Kier molecular flexibility index (Phi) is 3.27. The van der Waals surface area contributed by atoms with Crippen molar-refractivity contribution in [1.82, 2.24) is 4.98 Å². The summed E-state index contributed by atoms with van der Waals surface area (Å²) < 4.78 is 5.80. The number of thiazole rings is 1. The van der Waals surface area contributed by atoms with Crippen molar-refractivity contribution < 1.29 is 4.74 Å². The van der Waals surface area contributed by atoms with Gasteiger partial charge in [-0.05, 0) is 12.1 Å². The van der Waals surface area contributed by atoms with Crippen LogP contribution in [0.1, 0.15) is 5.69 Å². The van der Waals surface area contributed by atoms with Gasteiger partial charge in [0, 0.05) is 21.2 Å². The lowest BCUT2D eigenvalue weighted by Gasteiger charge is -2.09. The predicted octanol–water partition coefficient (Wildman–Crippen LogP) is 4.11. The maximum Gasteiger partial charge on any atom is 0.180 e. The molecule has 1 heterocycles. The quantitative estimate of drug-likeness (QED) is 0.789. The van der Waals surface area contributed by atoms with Crippen LogP contribution in [-0.4, -0.2) is 4.98 Å². The molecule has 0 amide bonds. The third-order valence-electron chi connectivity index (χ3n) is 2.78. The van der Waals surface area contributed by atoms with Crippen LogP contribution in [0.3, 0.4) is 0 Å². The molecule has 0 unspecified atom stereocenters. The van der Waals surface area contributed by atoms with Gasteiger partial charge in [-0.25, -0.2) is 4.98 Å². The third kappa shape index (κ3) is 2.50. The molecule has 3 rings (SSSR count). The molecule has 0 bridgehead atoms. The summed E-state index contributed by atoms with van der Waals surface area (Å²) in [6, 6.07) is 11.6. The zero-order valence-corrected chi connectivity index (χ0v) is 11.5. The monoisotopic (exact) mass is 290 g/mol. The summed E-state index contributed by atoms with van der Waals surface area (Å²) in [5, 5.41) is 5.16. The molecule has 0 radical (unpaired) electrons. The first-order valence-electron chi connectivity index (χ1n) is 5.74. The summed E-state index contributed by atoms with van der Waals surface area (Å²) >= 11 is 7.58. The SMILES string of the molecule is Nc1nc(COc2ccc(Cl)c3ccccc23)cs1. The average Bonchev–Trinajstić information content (AvgIpc) is 2.84. The Balaban J connectivity index is 1.91. The van der Waals surface area contributed by atoms with Gasteiger partial charge in [0.25, 0.3) is 0 Å². The third-order valence-corrected chi connectivity index (χ3v) is 3.83. The lowest BCUT2D eigenvalue weighted by atomic mass is 10.1. The number of hydrogen-bond acceptors (Lipinski definition) is 4. The van der Waals surface area contributed by atoms with Crippen LogP contribution in [0, 0.1) is 0 Å². The Hall–Kier alpha value is -1.78. The van der Waals surface area contributed by atoms with Crippen molar-refractivity contribution in [2.24, 2.45) is 0 Å². The molecular weight excluding hydrogens is 280 g/mol. The minimum atomic E-state index is 0.402. The van der Waals surface area contributed by atoms with E-state index >= 15 is 0 Å². The van der Waals surface area contributed by atoms with Crippen LogP contribution in [-0.2, 0) is 6.61 Å². The normalized spacial score (nSPS) is 10.8. The molecule has 2 aromatic carbocycles. The molecule has 0 aliphatic heterocycles. The van der Waals surface area contributed by atoms with E-state index in [9.17, 15) is 0 Å². The van der Waals surface area contributed by atoms with Crippen molar-refractivity contribution in [2.75, 3.05) is 5.73 Å². The Labute approximate surface area is 119 Å². The van der Waals surface area contributed by atoms with Crippen LogP contribution in [0.5, 0.6) is 5.75 Å². The van der Waals surface area contributed by atoms with Gasteiger partial charge in [-0.2, -0.15) is 0 Å². The van der Waals surface area contributed by atoms with Crippen molar-refractivity contribution in [1.29, 1.82) is 0 Å². The van der Waals surface area contributed by atoms with Crippen LogP contribution < -0.4 is 10.5 Å². The first-order valence-corrected chi connectivity index (χ1v) is 7.00. The van der Waals surface area contributed by atoms with Crippen molar-refractivity contribution in [2.45, 2.75) is 6.61 Å². The molecule has 0 saturated carbocycles. The zero-order valence-electron chi connectivity index (χ0n) is 9.97. The Bertz CT molecular complexity index is 726. The van der Waals surface area contributed by atoms with Gasteiger partial charge in [0.05, 0.1) is 5.69 Å². The summed E-state index contributed by atoms with van der Waals surface area (Å²) in [6.07, 6.45) is 0.